The lowest BCUT2D eigenvalue weighted by Gasteiger charge is -1.99. The van der Waals surface area contributed by atoms with E-state index in [0.717, 1.165) is 5.69 Å². The van der Waals surface area contributed by atoms with Crippen LogP contribution in [0.1, 0.15) is 12.5 Å². The van der Waals surface area contributed by atoms with Crippen LogP contribution in [-0.4, -0.2) is 22.4 Å². The van der Waals surface area contributed by atoms with Crippen molar-refractivity contribution >= 4 is 12.0 Å². The number of nitrogens with zero attached hydrogens (tertiary/aromatic N) is 3. The molecule has 0 unspecified atom stereocenters. The van der Waals surface area contributed by atoms with E-state index >= 15 is 0 Å². The monoisotopic (exact) mass is 333 g/mol. The summed E-state index contributed by atoms with van der Waals surface area (Å²) in [5.74, 6) is -0.120. The summed E-state index contributed by atoms with van der Waals surface area (Å²) in [6, 6.07) is 14.9. The van der Waals surface area contributed by atoms with Crippen LogP contribution in [-0.2, 0) is 9.53 Å². The highest BCUT2D eigenvalue weighted by Gasteiger charge is 2.16. The first-order valence-electron chi connectivity index (χ1n) is 7.70. The van der Waals surface area contributed by atoms with Crippen molar-refractivity contribution in [2.45, 2.75) is 6.92 Å². The summed E-state index contributed by atoms with van der Waals surface area (Å²) in [6.45, 7) is 1.89. The molecule has 124 valence electrons. The Morgan fingerprint density at radius 2 is 2.12 bits per heavy atom. The van der Waals surface area contributed by atoms with Crippen LogP contribution in [0.3, 0.4) is 0 Å². The maximum atomic E-state index is 11.9. The molecule has 0 aliphatic carbocycles. The number of carbonyl (C=O) groups is 1. The number of benzene rings is 1. The Hall–Kier alpha value is -3.59. The zero-order chi connectivity index (χ0) is 17.6. The fourth-order valence-corrected chi connectivity index (χ4v) is 2.31. The van der Waals surface area contributed by atoms with E-state index in [1.807, 2.05) is 36.4 Å². The molecule has 2 heterocycles. The fraction of sp³-hybridized carbons (Fsp3) is 0.105. The Kier molecular flexibility index (Phi) is 4.77. The quantitative estimate of drug-likeness (QED) is 0.405. The highest BCUT2D eigenvalue weighted by molar-refractivity contribution is 5.98. The van der Waals surface area contributed by atoms with Gasteiger partial charge in [-0.25, -0.2) is 9.48 Å². The second kappa shape index (κ2) is 7.32. The van der Waals surface area contributed by atoms with E-state index in [0.29, 0.717) is 17.0 Å². The molecular formula is C19H15N3O3. The molecule has 6 nitrogen and oxygen atoms in total. The molecule has 0 fully saturated rings. The minimum Gasteiger partial charge on any atom is -0.463 e. The van der Waals surface area contributed by atoms with Crippen LogP contribution in [0.2, 0.25) is 0 Å². The van der Waals surface area contributed by atoms with Crippen LogP contribution < -0.4 is 0 Å². The Bertz CT molecular complexity index is 932. The number of para-hydroxylation sites is 1. The van der Waals surface area contributed by atoms with E-state index in [4.69, 9.17) is 9.15 Å². The van der Waals surface area contributed by atoms with E-state index in [1.165, 1.54) is 6.08 Å². The maximum absolute atomic E-state index is 11.9. The van der Waals surface area contributed by atoms with Crippen molar-refractivity contribution in [2.24, 2.45) is 0 Å². The second-order valence-electron chi connectivity index (χ2n) is 5.08. The number of hydrogen-bond acceptors (Lipinski definition) is 5. The molecule has 25 heavy (non-hydrogen) atoms. The summed E-state index contributed by atoms with van der Waals surface area (Å²) >= 11 is 0. The van der Waals surface area contributed by atoms with Crippen LogP contribution in [0.4, 0.5) is 0 Å². The van der Waals surface area contributed by atoms with E-state index < -0.39 is 5.97 Å². The van der Waals surface area contributed by atoms with Gasteiger partial charge >= 0.3 is 5.97 Å². The van der Waals surface area contributed by atoms with Gasteiger partial charge in [0.1, 0.15) is 17.3 Å². The molecule has 0 radical (unpaired) electrons. The molecule has 3 rings (SSSR count). The average molecular weight is 333 g/mol. The molecule has 0 amide bonds. The summed E-state index contributed by atoms with van der Waals surface area (Å²) < 4.78 is 12.0. The first-order valence-corrected chi connectivity index (χ1v) is 7.70. The number of esters is 1. The van der Waals surface area contributed by atoms with Crippen LogP contribution >= 0.6 is 0 Å². The van der Waals surface area contributed by atoms with Crippen molar-refractivity contribution in [3.8, 4) is 23.2 Å². The molecule has 0 saturated heterocycles. The van der Waals surface area contributed by atoms with Gasteiger partial charge in [0.25, 0.3) is 0 Å². The third kappa shape index (κ3) is 3.51. The van der Waals surface area contributed by atoms with Crippen LogP contribution in [0.15, 0.2) is 64.9 Å². The minimum absolute atomic E-state index is 0.0951. The zero-order valence-electron chi connectivity index (χ0n) is 13.5. The summed E-state index contributed by atoms with van der Waals surface area (Å²) in [6.07, 6.45) is 4.74. The number of furan rings is 1. The SMILES string of the molecule is CCOC(=O)C(C#N)=Cc1cn(-c2ccccc2)nc1-c1ccco1. The van der Waals surface area contributed by atoms with Crippen molar-refractivity contribution in [3.05, 3.63) is 66.1 Å². The van der Waals surface area contributed by atoms with Crippen LogP contribution in [0.5, 0.6) is 0 Å². The topological polar surface area (TPSA) is 81.0 Å². The number of rotatable bonds is 5. The van der Waals surface area contributed by atoms with E-state index in [-0.39, 0.29) is 12.2 Å². The molecule has 0 aliphatic rings. The fourth-order valence-electron chi connectivity index (χ4n) is 2.31. The predicted molar refractivity (Wildman–Crippen MR) is 91.5 cm³/mol. The molecule has 0 spiro atoms. The lowest BCUT2D eigenvalue weighted by molar-refractivity contribution is -0.137. The summed E-state index contributed by atoms with van der Waals surface area (Å²) in [7, 11) is 0. The van der Waals surface area contributed by atoms with E-state index in [9.17, 15) is 10.1 Å². The Morgan fingerprint density at radius 1 is 1.32 bits per heavy atom. The van der Waals surface area contributed by atoms with E-state index in [1.54, 1.807) is 36.2 Å². The largest absolute Gasteiger partial charge is 0.463 e. The molecule has 0 N–H and O–H groups in total. The lowest BCUT2D eigenvalue weighted by Crippen LogP contribution is -2.06. The molecule has 3 aromatic rings. The number of aromatic nitrogens is 2. The number of ether oxygens (including phenoxy) is 1. The average Bonchev–Trinajstić information content (AvgIpc) is 3.30. The first kappa shape index (κ1) is 16.3. The number of carbonyl (C=O) groups excluding carboxylic acids is 1. The van der Waals surface area contributed by atoms with Crippen molar-refractivity contribution in [2.75, 3.05) is 6.61 Å². The highest BCUT2D eigenvalue weighted by Crippen LogP contribution is 2.26. The third-order valence-electron chi connectivity index (χ3n) is 3.43. The third-order valence-corrected chi connectivity index (χ3v) is 3.43. The predicted octanol–water partition coefficient (Wildman–Crippen LogP) is 3.60. The number of hydrogen-bond donors (Lipinski definition) is 0. The molecule has 1 aromatic carbocycles. The smallest absolute Gasteiger partial charge is 0.348 e. The zero-order valence-corrected chi connectivity index (χ0v) is 13.5. The van der Waals surface area contributed by atoms with Gasteiger partial charge in [0, 0.05) is 11.8 Å². The summed E-state index contributed by atoms with van der Waals surface area (Å²) in [5, 5.41) is 13.8. The maximum Gasteiger partial charge on any atom is 0.348 e. The van der Waals surface area contributed by atoms with Gasteiger partial charge in [-0.2, -0.15) is 10.4 Å². The van der Waals surface area contributed by atoms with Gasteiger partial charge in [-0.05, 0) is 37.3 Å². The molecule has 2 aromatic heterocycles. The van der Waals surface area contributed by atoms with Gasteiger partial charge in [-0.15, -0.1) is 0 Å². The number of nitriles is 1. The first-order chi connectivity index (χ1) is 12.2. The van der Waals surface area contributed by atoms with Gasteiger partial charge < -0.3 is 9.15 Å². The van der Waals surface area contributed by atoms with Crippen molar-refractivity contribution in [1.29, 1.82) is 5.26 Å². The molecule has 0 saturated carbocycles. The van der Waals surface area contributed by atoms with Gasteiger partial charge in [-0.3, -0.25) is 0 Å². The van der Waals surface area contributed by atoms with Crippen molar-refractivity contribution in [3.63, 3.8) is 0 Å². The van der Waals surface area contributed by atoms with Crippen molar-refractivity contribution < 1.29 is 13.9 Å². The van der Waals surface area contributed by atoms with Gasteiger partial charge in [0.05, 0.1) is 18.6 Å². The Labute approximate surface area is 144 Å². The lowest BCUT2D eigenvalue weighted by atomic mass is 10.1. The summed E-state index contributed by atoms with van der Waals surface area (Å²) in [4.78, 5) is 11.9. The molecular weight excluding hydrogens is 318 g/mol. The molecule has 0 atom stereocenters. The van der Waals surface area contributed by atoms with Crippen LogP contribution in [0.25, 0.3) is 23.2 Å². The van der Waals surface area contributed by atoms with Crippen molar-refractivity contribution in [1.82, 2.24) is 9.78 Å². The van der Waals surface area contributed by atoms with Gasteiger partial charge in [-0.1, -0.05) is 18.2 Å². The Morgan fingerprint density at radius 3 is 2.76 bits per heavy atom. The molecule has 0 bridgehead atoms. The Balaban J connectivity index is 2.10. The van der Waals surface area contributed by atoms with Gasteiger partial charge in [0.2, 0.25) is 0 Å². The van der Waals surface area contributed by atoms with Crippen LogP contribution in [0, 0.1) is 11.3 Å². The standard InChI is InChI=1S/C19H15N3O3/c1-2-24-19(23)14(12-20)11-15-13-22(16-7-4-3-5-8-16)21-18(15)17-9-6-10-25-17/h3-11,13H,2H2,1H3. The summed E-state index contributed by atoms with van der Waals surface area (Å²) in [5.41, 5.74) is 1.88. The molecule has 0 aliphatic heterocycles. The van der Waals surface area contributed by atoms with Gasteiger partial charge in [0.15, 0.2) is 5.76 Å². The molecule has 6 heteroatoms. The van der Waals surface area contributed by atoms with E-state index in [2.05, 4.69) is 5.10 Å². The minimum atomic E-state index is -0.664. The normalized spacial score (nSPS) is 11.1. The highest BCUT2D eigenvalue weighted by atomic mass is 16.5. The second-order valence-corrected chi connectivity index (χ2v) is 5.08.